The van der Waals surface area contributed by atoms with Gasteiger partial charge >= 0.3 is 0 Å². The Labute approximate surface area is 204 Å². The van der Waals surface area contributed by atoms with E-state index in [2.05, 4.69) is 15.9 Å². The van der Waals surface area contributed by atoms with Crippen molar-refractivity contribution in [3.05, 3.63) is 96.3 Å². The molecule has 7 heteroatoms. The summed E-state index contributed by atoms with van der Waals surface area (Å²) in [5, 5.41) is 0. The highest BCUT2D eigenvalue weighted by molar-refractivity contribution is 5.60. The van der Waals surface area contributed by atoms with Gasteiger partial charge in [-0.1, -0.05) is 12.1 Å². The fourth-order valence-electron chi connectivity index (χ4n) is 4.48. The first kappa shape index (κ1) is 23.1. The summed E-state index contributed by atoms with van der Waals surface area (Å²) in [6, 6.07) is 20.8. The van der Waals surface area contributed by atoms with E-state index in [0.29, 0.717) is 19.0 Å². The van der Waals surface area contributed by atoms with E-state index in [-0.39, 0.29) is 11.6 Å². The second-order valence-electron chi connectivity index (χ2n) is 8.57. The van der Waals surface area contributed by atoms with Crippen molar-refractivity contribution in [3.63, 3.8) is 0 Å². The average molecular weight is 475 g/mol. The zero-order chi connectivity index (χ0) is 24.2. The summed E-state index contributed by atoms with van der Waals surface area (Å²) in [5.74, 6) is 1.04. The van der Waals surface area contributed by atoms with Gasteiger partial charge in [-0.05, 0) is 67.6 Å². The summed E-state index contributed by atoms with van der Waals surface area (Å²) in [7, 11) is 0. The Morgan fingerprint density at radius 3 is 2.17 bits per heavy atom. The van der Waals surface area contributed by atoms with Gasteiger partial charge in [-0.15, -0.1) is 0 Å². The minimum Gasteiger partial charge on any atom is -0.492 e. The van der Waals surface area contributed by atoms with Crippen molar-refractivity contribution in [2.24, 2.45) is 0 Å². The molecule has 1 aliphatic rings. The van der Waals surface area contributed by atoms with Crippen LogP contribution < -0.4 is 9.64 Å². The lowest BCUT2D eigenvalue weighted by Gasteiger charge is -2.36. The molecule has 0 bridgehead atoms. The van der Waals surface area contributed by atoms with Gasteiger partial charge < -0.3 is 9.64 Å². The van der Waals surface area contributed by atoms with Crippen LogP contribution in [0.25, 0.3) is 17.1 Å². The molecule has 0 N–H and O–H groups in total. The number of rotatable bonds is 7. The molecule has 4 aromatic rings. The molecule has 180 valence electrons. The van der Waals surface area contributed by atoms with Gasteiger partial charge in [0.25, 0.3) is 0 Å². The molecule has 0 radical (unpaired) electrons. The highest BCUT2D eigenvalue weighted by Crippen LogP contribution is 2.29. The van der Waals surface area contributed by atoms with Gasteiger partial charge in [0.1, 0.15) is 23.2 Å². The van der Waals surface area contributed by atoms with E-state index in [0.717, 1.165) is 54.6 Å². The van der Waals surface area contributed by atoms with E-state index in [9.17, 15) is 8.78 Å². The largest absolute Gasteiger partial charge is 0.492 e. The smallest absolute Gasteiger partial charge is 0.144 e. The lowest BCUT2D eigenvalue weighted by molar-refractivity contribution is 0.246. The summed E-state index contributed by atoms with van der Waals surface area (Å²) >= 11 is 0. The number of piperazine rings is 1. The third kappa shape index (κ3) is 5.20. The Bertz CT molecular complexity index is 1200. The maximum Gasteiger partial charge on any atom is 0.144 e. The number of nitrogens with zero attached hydrogens (tertiary/aromatic N) is 4. The molecule has 0 aliphatic carbocycles. The van der Waals surface area contributed by atoms with Crippen LogP contribution in [0.2, 0.25) is 0 Å². The van der Waals surface area contributed by atoms with Crippen LogP contribution in [-0.4, -0.2) is 47.2 Å². The normalized spacial score (nSPS) is 14.3. The number of halogens is 2. The summed E-state index contributed by atoms with van der Waals surface area (Å²) in [4.78, 5) is 9.63. The molecular weight excluding hydrogens is 446 g/mol. The molecule has 3 aromatic carbocycles. The maximum atomic E-state index is 13.5. The van der Waals surface area contributed by atoms with Crippen LogP contribution in [-0.2, 0) is 6.54 Å². The topological polar surface area (TPSA) is 33.5 Å². The van der Waals surface area contributed by atoms with E-state index in [1.54, 1.807) is 24.3 Å². The first-order valence-electron chi connectivity index (χ1n) is 11.9. The molecule has 1 aromatic heterocycles. The molecule has 5 rings (SSSR count). The molecular formula is C28H28F2N4O. The highest BCUT2D eigenvalue weighted by atomic mass is 19.1. The van der Waals surface area contributed by atoms with E-state index in [1.807, 2.05) is 35.9 Å². The lowest BCUT2D eigenvalue weighted by Crippen LogP contribution is -2.46. The van der Waals surface area contributed by atoms with Crippen LogP contribution in [0.1, 0.15) is 12.6 Å². The molecule has 1 aliphatic heterocycles. The molecule has 2 heterocycles. The van der Waals surface area contributed by atoms with E-state index < -0.39 is 0 Å². The summed E-state index contributed by atoms with van der Waals surface area (Å²) in [5.41, 5.74) is 3.66. The quantitative estimate of drug-likeness (QED) is 0.352. The fraction of sp³-hybridized carbons (Fsp3) is 0.250. The Kier molecular flexibility index (Phi) is 6.77. The van der Waals surface area contributed by atoms with Crippen LogP contribution in [0.15, 0.2) is 79.0 Å². The van der Waals surface area contributed by atoms with Gasteiger partial charge in [-0.2, -0.15) is 0 Å². The number of hydrogen-bond donors (Lipinski definition) is 0. The van der Waals surface area contributed by atoms with Crippen molar-refractivity contribution in [2.45, 2.75) is 13.5 Å². The standard InChI is InChI=1S/C28H28F2N4O/c1-2-35-27-6-4-3-5-26(27)33-17-15-32(16-18-33)19-24-20-34(25-13-11-23(30)12-14-25)28(31-24)21-7-9-22(29)10-8-21/h3-14,20H,2,15-19H2,1H3. The van der Waals surface area contributed by atoms with Gasteiger partial charge in [0.2, 0.25) is 0 Å². The summed E-state index contributed by atoms with van der Waals surface area (Å²) in [6.45, 7) is 6.93. The molecule has 1 saturated heterocycles. The van der Waals surface area contributed by atoms with Gasteiger partial charge in [-0.25, -0.2) is 13.8 Å². The zero-order valence-corrected chi connectivity index (χ0v) is 19.7. The van der Waals surface area contributed by atoms with Gasteiger partial charge in [0, 0.05) is 50.2 Å². The van der Waals surface area contributed by atoms with E-state index in [1.165, 1.54) is 24.3 Å². The molecule has 0 saturated carbocycles. The Hall–Kier alpha value is -3.71. The highest BCUT2D eigenvalue weighted by Gasteiger charge is 2.21. The van der Waals surface area contributed by atoms with Crippen molar-refractivity contribution in [3.8, 4) is 22.8 Å². The molecule has 0 amide bonds. The maximum absolute atomic E-state index is 13.5. The number of imidazole rings is 1. The average Bonchev–Trinajstić information content (AvgIpc) is 3.30. The van der Waals surface area contributed by atoms with Gasteiger partial charge in [0.15, 0.2) is 0 Å². The Morgan fingerprint density at radius 2 is 1.49 bits per heavy atom. The summed E-state index contributed by atoms with van der Waals surface area (Å²) in [6.07, 6.45) is 1.99. The third-order valence-corrected chi connectivity index (χ3v) is 6.23. The van der Waals surface area contributed by atoms with Crippen molar-refractivity contribution in [1.29, 1.82) is 0 Å². The number of hydrogen-bond acceptors (Lipinski definition) is 4. The second kappa shape index (κ2) is 10.3. The molecule has 0 spiro atoms. The predicted molar refractivity (Wildman–Crippen MR) is 134 cm³/mol. The van der Waals surface area contributed by atoms with Crippen LogP contribution >= 0.6 is 0 Å². The predicted octanol–water partition coefficient (Wildman–Crippen LogP) is 5.54. The molecule has 35 heavy (non-hydrogen) atoms. The SMILES string of the molecule is CCOc1ccccc1N1CCN(Cc2cn(-c3ccc(F)cc3)c(-c3ccc(F)cc3)n2)CC1. The third-order valence-electron chi connectivity index (χ3n) is 6.23. The first-order valence-corrected chi connectivity index (χ1v) is 11.9. The summed E-state index contributed by atoms with van der Waals surface area (Å²) < 4.78 is 34.8. The minimum absolute atomic E-state index is 0.291. The number of ether oxygens (including phenoxy) is 1. The van der Waals surface area contributed by atoms with Crippen LogP contribution in [0.4, 0.5) is 14.5 Å². The van der Waals surface area contributed by atoms with Crippen molar-refractivity contribution in [1.82, 2.24) is 14.5 Å². The lowest BCUT2D eigenvalue weighted by atomic mass is 10.2. The monoisotopic (exact) mass is 474 g/mol. The molecule has 0 unspecified atom stereocenters. The zero-order valence-electron chi connectivity index (χ0n) is 19.7. The van der Waals surface area contributed by atoms with Crippen molar-refractivity contribution >= 4 is 5.69 Å². The van der Waals surface area contributed by atoms with Crippen LogP contribution in [0.3, 0.4) is 0 Å². The van der Waals surface area contributed by atoms with Crippen molar-refractivity contribution < 1.29 is 13.5 Å². The first-order chi connectivity index (χ1) is 17.1. The number of benzene rings is 3. The van der Waals surface area contributed by atoms with E-state index in [4.69, 9.17) is 9.72 Å². The van der Waals surface area contributed by atoms with Crippen LogP contribution in [0, 0.1) is 11.6 Å². The number of para-hydroxylation sites is 2. The Balaban J connectivity index is 1.34. The van der Waals surface area contributed by atoms with Crippen molar-refractivity contribution in [2.75, 3.05) is 37.7 Å². The Morgan fingerprint density at radius 1 is 0.829 bits per heavy atom. The number of aromatic nitrogens is 2. The van der Waals surface area contributed by atoms with Gasteiger partial charge in [-0.3, -0.25) is 9.47 Å². The second-order valence-corrected chi connectivity index (χ2v) is 8.57. The minimum atomic E-state index is -0.294. The van der Waals surface area contributed by atoms with E-state index >= 15 is 0 Å². The molecule has 0 atom stereocenters. The fourth-order valence-corrected chi connectivity index (χ4v) is 4.48. The van der Waals surface area contributed by atoms with Crippen LogP contribution in [0.5, 0.6) is 5.75 Å². The number of anilines is 1. The molecule has 1 fully saturated rings. The molecule has 5 nitrogen and oxygen atoms in total. The van der Waals surface area contributed by atoms with Gasteiger partial charge in [0.05, 0.1) is 18.0 Å².